The van der Waals surface area contributed by atoms with Gasteiger partial charge in [-0.2, -0.15) is 0 Å². The molecule has 2 rings (SSSR count). The maximum atomic E-state index is 12.1. The standard InChI is InChI=1S/C20H30N2O4/c1-15-6-5-10-22(14-15)11-9-21-19(23)8-7-16-12-17(24-2)20(26-4)18(13-16)25-3/h7-8,12-13,15H,5-6,9-11,14H2,1-4H3,(H,21,23)/b8-7+. The number of benzene rings is 1. The fourth-order valence-corrected chi connectivity index (χ4v) is 3.26. The van der Waals surface area contributed by atoms with Crippen LogP contribution in [0.4, 0.5) is 0 Å². The number of rotatable bonds is 8. The molecule has 1 fully saturated rings. The smallest absolute Gasteiger partial charge is 0.244 e. The minimum absolute atomic E-state index is 0.108. The van der Waals surface area contributed by atoms with Gasteiger partial charge in [0.25, 0.3) is 0 Å². The first kappa shape index (κ1) is 20.1. The molecule has 1 atom stereocenters. The average Bonchev–Trinajstić information content (AvgIpc) is 2.65. The van der Waals surface area contributed by atoms with Crippen LogP contribution in [-0.2, 0) is 4.79 Å². The van der Waals surface area contributed by atoms with Gasteiger partial charge in [0.2, 0.25) is 11.7 Å². The van der Waals surface area contributed by atoms with Crippen molar-refractivity contribution in [1.82, 2.24) is 10.2 Å². The molecule has 0 spiro atoms. The van der Waals surface area contributed by atoms with E-state index in [2.05, 4.69) is 17.1 Å². The molecule has 0 aliphatic carbocycles. The zero-order valence-corrected chi connectivity index (χ0v) is 16.2. The normalized spacial score (nSPS) is 17.9. The molecule has 1 aliphatic heterocycles. The zero-order valence-electron chi connectivity index (χ0n) is 16.2. The molecule has 1 saturated heterocycles. The summed E-state index contributed by atoms with van der Waals surface area (Å²) in [6.07, 6.45) is 5.82. The highest BCUT2D eigenvalue weighted by atomic mass is 16.5. The molecular formula is C20H30N2O4. The molecule has 0 saturated carbocycles. The maximum Gasteiger partial charge on any atom is 0.244 e. The Labute approximate surface area is 156 Å². The molecule has 0 bridgehead atoms. The molecule has 1 unspecified atom stereocenters. The summed E-state index contributed by atoms with van der Waals surface area (Å²) in [6, 6.07) is 3.61. The van der Waals surface area contributed by atoms with Gasteiger partial charge in [0, 0.05) is 25.7 Å². The average molecular weight is 362 g/mol. The summed E-state index contributed by atoms with van der Waals surface area (Å²) in [6.45, 7) is 6.09. The third-order valence-electron chi connectivity index (χ3n) is 4.58. The van der Waals surface area contributed by atoms with Gasteiger partial charge in [-0.05, 0) is 49.1 Å². The van der Waals surface area contributed by atoms with Crippen LogP contribution in [0.15, 0.2) is 18.2 Å². The Morgan fingerprint density at radius 3 is 2.50 bits per heavy atom. The summed E-state index contributed by atoms with van der Waals surface area (Å²) < 4.78 is 15.9. The number of nitrogens with one attached hydrogen (secondary N) is 1. The lowest BCUT2D eigenvalue weighted by molar-refractivity contribution is -0.116. The number of hydrogen-bond acceptors (Lipinski definition) is 5. The third kappa shape index (κ3) is 5.66. The van der Waals surface area contributed by atoms with Gasteiger partial charge in [-0.15, -0.1) is 0 Å². The van der Waals surface area contributed by atoms with Gasteiger partial charge in [-0.1, -0.05) is 6.92 Å². The van der Waals surface area contributed by atoms with Gasteiger partial charge in [-0.25, -0.2) is 0 Å². The Bertz CT molecular complexity index is 605. The van der Waals surface area contributed by atoms with E-state index in [1.807, 2.05) is 0 Å². The van der Waals surface area contributed by atoms with E-state index in [1.165, 1.54) is 18.9 Å². The Kier molecular flexibility index (Phi) is 7.78. The molecule has 6 nitrogen and oxygen atoms in total. The molecule has 1 aromatic rings. The number of amides is 1. The quantitative estimate of drug-likeness (QED) is 0.720. The van der Waals surface area contributed by atoms with E-state index in [0.29, 0.717) is 23.8 Å². The number of likely N-dealkylation sites (tertiary alicyclic amines) is 1. The van der Waals surface area contributed by atoms with E-state index in [4.69, 9.17) is 14.2 Å². The zero-order chi connectivity index (χ0) is 18.9. The SMILES string of the molecule is COc1cc(/C=C/C(=O)NCCN2CCCC(C)C2)cc(OC)c1OC. The second-order valence-corrected chi connectivity index (χ2v) is 6.63. The summed E-state index contributed by atoms with van der Waals surface area (Å²) in [5.41, 5.74) is 0.805. The number of hydrogen-bond donors (Lipinski definition) is 1. The van der Waals surface area contributed by atoms with Crippen molar-refractivity contribution >= 4 is 12.0 Å². The molecule has 1 N–H and O–H groups in total. The lowest BCUT2D eigenvalue weighted by Gasteiger charge is -2.30. The molecule has 1 heterocycles. The number of ether oxygens (including phenoxy) is 3. The van der Waals surface area contributed by atoms with Crippen LogP contribution in [0.5, 0.6) is 17.2 Å². The Hall–Kier alpha value is -2.21. The second-order valence-electron chi connectivity index (χ2n) is 6.63. The van der Waals surface area contributed by atoms with E-state index in [0.717, 1.165) is 31.1 Å². The van der Waals surface area contributed by atoms with Gasteiger partial charge in [0.15, 0.2) is 11.5 Å². The van der Waals surface area contributed by atoms with Crippen LogP contribution in [0.3, 0.4) is 0 Å². The van der Waals surface area contributed by atoms with E-state index in [-0.39, 0.29) is 5.91 Å². The summed E-state index contributed by atoms with van der Waals surface area (Å²) in [7, 11) is 4.70. The van der Waals surface area contributed by atoms with Crippen molar-refractivity contribution in [3.63, 3.8) is 0 Å². The molecule has 0 aromatic heterocycles. The fraction of sp³-hybridized carbons (Fsp3) is 0.550. The first-order valence-corrected chi connectivity index (χ1v) is 9.05. The number of carbonyl (C=O) groups excluding carboxylic acids is 1. The van der Waals surface area contributed by atoms with Crippen LogP contribution in [0.2, 0.25) is 0 Å². The third-order valence-corrected chi connectivity index (χ3v) is 4.58. The molecule has 6 heteroatoms. The van der Waals surface area contributed by atoms with Crippen LogP contribution in [0.25, 0.3) is 6.08 Å². The van der Waals surface area contributed by atoms with Crippen LogP contribution >= 0.6 is 0 Å². The van der Waals surface area contributed by atoms with Crippen LogP contribution < -0.4 is 19.5 Å². The van der Waals surface area contributed by atoms with Gasteiger partial charge in [-0.3, -0.25) is 4.79 Å². The largest absolute Gasteiger partial charge is 0.493 e. The first-order valence-electron chi connectivity index (χ1n) is 9.05. The molecule has 0 radical (unpaired) electrons. The highest BCUT2D eigenvalue weighted by Crippen LogP contribution is 2.38. The van der Waals surface area contributed by atoms with Crippen molar-refractivity contribution in [2.24, 2.45) is 5.92 Å². The molecule has 1 aromatic carbocycles. The highest BCUT2D eigenvalue weighted by Gasteiger charge is 2.15. The fourth-order valence-electron chi connectivity index (χ4n) is 3.26. The number of methoxy groups -OCH3 is 3. The van der Waals surface area contributed by atoms with Crippen molar-refractivity contribution in [3.8, 4) is 17.2 Å². The monoisotopic (exact) mass is 362 g/mol. The van der Waals surface area contributed by atoms with E-state index in [9.17, 15) is 4.79 Å². The molecule has 1 amide bonds. The van der Waals surface area contributed by atoms with Gasteiger partial charge in [0.1, 0.15) is 0 Å². The van der Waals surface area contributed by atoms with Crippen molar-refractivity contribution in [3.05, 3.63) is 23.8 Å². The summed E-state index contributed by atoms with van der Waals surface area (Å²) >= 11 is 0. The Morgan fingerprint density at radius 2 is 1.92 bits per heavy atom. The predicted octanol–water partition coefficient (Wildman–Crippen LogP) is 2.57. The maximum absolute atomic E-state index is 12.1. The van der Waals surface area contributed by atoms with Crippen molar-refractivity contribution in [2.75, 3.05) is 47.5 Å². The lowest BCUT2D eigenvalue weighted by Crippen LogP contribution is -2.39. The molecule has 26 heavy (non-hydrogen) atoms. The minimum atomic E-state index is -0.108. The Balaban J connectivity index is 1.89. The van der Waals surface area contributed by atoms with Crippen LogP contribution in [-0.4, -0.2) is 58.3 Å². The minimum Gasteiger partial charge on any atom is -0.493 e. The van der Waals surface area contributed by atoms with Gasteiger partial charge < -0.3 is 24.4 Å². The highest BCUT2D eigenvalue weighted by molar-refractivity contribution is 5.91. The van der Waals surface area contributed by atoms with Crippen molar-refractivity contribution < 1.29 is 19.0 Å². The van der Waals surface area contributed by atoms with E-state index in [1.54, 1.807) is 39.5 Å². The summed E-state index contributed by atoms with van der Waals surface area (Å²) in [5.74, 6) is 2.30. The number of nitrogens with zero attached hydrogens (tertiary/aromatic N) is 1. The summed E-state index contributed by atoms with van der Waals surface area (Å²) in [4.78, 5) is 14.5. The second kappa shape index (κ2) is 10.1. The predicted molar refractivity (Wildman–Crippen MR) is 103 cm³/mol. The molecular weight excluding hydrogens is 332 g/mol. The first-order chi connectivity index (χ1) is 12.6. The van der Waals surface area contributed by atoms with Crippen molar-refractivity contribution in [2.45, 2.75) is 19.8 Å². The lowest BCUT2D eigenvalue weighted by atomic mass is 10.0. The van der Waals surface area contributed by atoms with E-state index >= 15 is 0 Å². The van der Waals surface area contributed by atoms with Gasteiger partial charge >= 0.3 is 0 Å². The summed E-state index contributed by atoms with van der Waals surface area (Å²) in [5, 5.41) is 2.94. The number of carbonyl (C=O) groups is 1. The van der Waals surface area contributed by atoms with E-state index < -0.39 is 0 Å². The van der Waals surface area contributed by atoms with Crippen LogP contribution in [0.1, 0.15) is 25.3 Å². The molecule has 1 aliphatic rings. The van der Waals surface area contributed by atoms with Crippen molar-refractivity contribution in [1.29, 1.82) is 0 Å². The Morgan fingerprint density at radius 1 is 1.23 bits per heavy atom. The topological polar surface area (TPSA) is 60.0 Å². The van der Waals surface area contributed by atoms with Crippen LogP contribution in [0, 0.1) is 5.92 Å². The molecule has 144 valence electrons. The number of piperidine rings is 1. The van der Waals surface area contributed by atoms with Gasteiger partial charge in [0.05, 0.1) is 21.3 Å².